The molecule has 0 radical (unpaired) electrons. The van der Waals surface area contributed by atoms with Gasteiger partial charge in [-0.05, 0) is 30.7 Å². The summed E-state index contributed by atoms with van der Waals surface area (Å²) in [5, 5.41) is 2.52. The number of benzene rings is 1. The second kappa shape index (κ2) is 3.64. The average Bonchev–Trinajstić information content (AvgIpc) is 2.73. The molecule has 3 rings (SSSR count). The molecule has 0 bridgehead atoms. The lowest BCUT2D eigenvalue weighted by Crippen LogP contribution is -1.82. The van der Waals surface area contributed by atoms with Crippen LogP contribution < -0.4 is 4.74 Å². The molecule has 0 saturated heterocycles. The molecule has 2 aromatic heterocycles. The molecule has 1 aromatic carbocycles. The molecule has 3 aromatic rings. The number of aromatic amines is 1. The van der Waals surface area contributed by atoms with Crippen LogP contribution in [-0.2, 0) is 0 Å². The van der Waals surface area contributed by atoms with E-state index in [2.05, 4.69) is 9.97 Å². The van der Waals surface area contributed by atoms with Crippen LogP contribution in [0.1, 0.15) is 5.56 Å². The molecule has 4 heteroatoms. The van der Waals surface area contributed by atoms with Gasteiger partial charge in [0.05, 0.1) is 12.6 Å². The van der Waals surface area contributed by atoms with E-state index in [9.17, 15) is 0 Å². The van der Waals surface area contributed by atoms with Crippen molar-refractivity contribution in [2.45, 2.75) is 6.92 Å². The quantitative estimate of drug-likeness (QED) is 0.665. The van der Waals surface area contributed by atoms with Crippen molar-refractivity contribution in [2.75, 3.05) is 7.11 Å². The zero-order valence-electron chi connectivity index (χ0n) is 9.54. The summed E-state index contributed by atoms with van der Waals surface area (Å²) in [6, 6.07) is 5.89. The Bertz CT molecular complexity index is 718. The zero-order valence-corrected chi connectivity index (χ0v) is 10.3. The number of hydrogen-bond acceptors (Lipinski definition) is 2. The SMILES string of the molecule is COc1ccc2[nH]c3c(C)cnc(Cl)c3c2c1. The molecule has 2 heterocycles. The van der Waals surface area contributed by atoms with Gasteiger partial charge in [-0.1, -0.05) is 11.6 Å². The van der Waals surface area contributed by atoms with Crippen LogP contribution in [0.15, 0.2) is 24.4 Å². The Morgan fingerprint density at radius 2 is 2.18 bits per heavy atom. The number of rotatable bonds is 1. The molecule has 0 atom stereocenters. The number of nitrogens with zero attached hydrogens (tertiary/aromatic N) is 1. The van der Waals surface area contributed by atoms with Crippen molar-refractivity contribution in [3.63, 3.8) is 0 Å². The molecule has 0 saturated carbocycles. The number of pyridine rings is 1. The van der Waals surface area contributed by atoms with Crippen molar-refractivity contribution in [1.82, 2.24) is 9.97 Å². The maximum absolute atomic E-state index is 6.17. The van der Waals surface area contributed by atoms with Crippen molar-refractivity contribution in [3.8, 4) is 5.75 Å². The van der Waals surface area contributed by atoms with E-state index in [4.69, 9.17) is 16.3 Å². The number of ether oxygens (including phenoxy) is 1. The lowest BCUT2D eigenvalue weighted by molar-refractivity contribution is 0.415. The first-order valence-corrected chi connectivity index (χ1v) is 5.69. The van der Waals surface area contributed by atoms with Crippen LogP contribution >= 0.6 is 11.6 Å². The van der Waals surface area contributed by atoms with Gasteiger partial charge in [0.1, 0.15) is 10.9 Å². The molecular weight excluding hydrogens is 236 g/mol. The van der Waals surface area contributed by atoms with Crippen molar-refractivity contribution < 1.29 is 4.74 Å². The Kier molecular flexibility index (Phi) is 2.23. The van der Waals surface area contributed by atoms with Gasteiger partial charge in [-0.15, -0.1) is 0 Å². The van der Waals surface area contributed by atoms with E-state index in [1.807, 2.05) is 25.1 Å². The maximum Gasteiger partial charge on any atom is 0.139 e. The summed E-state index contributed by atoms with van der Waals surface area (Å²) in [5.74, 6) is 0.816. The molecule has 3 nitrogen and oxygen atoms in total. The number of hydrogen-bond donors (Lipinski definition) is 1. The third-order valence-electron chi connectivity index (χ3n) is 2.98. The van der Waals surface area contributed by atoms with Gasteiger partial charge in [-0.2, -0.15) is 0 Å². The van der Waals surface area contributed by atoms with Crippen LogP contribution in [0.25, 0.3) is 21.8 Å². The van der Waals surface area contributed by atoms with Crippen molar-refractivity contribution in [3.05, 3.63) is 35.1 Å². The van der Waals surface area contributed by atoms with E-state index in [-0.39, 0.29) is 0 Å². The largest absolute Gasteiger partial charge is 0.497 e. The van der Waals surface area contributed by atoms with Gasteiger partial charge in [-0.25, -0.2) is 4.98 Å². The third kappa shape index (κ3) is 1.46. The molecule has 86 valence electrons. The Balaban J connectivity index is 2.52. The van der Waals surface area contributed by atoms with E-state index in [0.717, 1.165) is 33.1 Å². The van der Waals surface area contributed by atoms with Gasteiger partial charge in [0.2, 0.25) is 0 Å². The highest BCUT2D eigenvalue weighted by molar-refractivity contribution is 6.36. The minimum atomic E-state index is 0.519. The summed E-state index contributed by atoms with van der Waals surface area (Å²) in [6.07, 6.45) is 1.78. The minimum absolute atomic E-state index is 0.519. The number of nitrogens with one attached hydrogen (secondary N) is 1. The lowest BCUT2D eigenvalue weighted by atomic mass is 10.1. The normalized spacial score (nSPS) is 11.2. The van der Waals surface area contributed by atoms with Gasteiger partial charge in [-0.3, -0.25) is 0 Å². The number of methoxy groups -OCH3 is 1. The predicted octanol–water partition coefficient (Wildman–Crippen LogP) is 3.69. The monoisotopic (exact) mass is 246 g/mol. The second-order valence-electron chi connectivity index (χ2n) is 4.02. The fourth-order valence-corrected chi connectivity index (χ4v) is 2.34. The van der Waals surface area contributed by atoms with E-state index in [1.54, 1.807) is 13.3 Å². The van der Waals surface area contributed by atoms with Crippen LogP contribution in [0.2, 0.25) is 5.15 Å². The standard InChI is InChI=1S/C13H11ClN2O/c1-7-6-15-13(14)11-9-5-8(17-2)3-4-10(9)16-12(7)11/h3-6,16H,1-2H3. The summed E-state index contributed by atoms with van der Waals surface area (Å²) >= 11 is 6.17. The first-order valence-electron chi connectivity index (χ1n) is 5.31. The number of aromatic nitrogens is 2. The molecule has 0 unspecified atom stereocenters. The molecule has 0 aliphatic carbocycles. The van der Waals surface area contributed by atoms with E-state index < -0.39 is 0 Å². The second-order valence-corrected chi connectivity index (χ2v) is 4.38. The Labute approximate surface area is 103 Å². The summed E-state index contributed by atoms with van der Waals surface area (Å²) in [6.45, 7) is 2.01. The van der Waals surface area contributed by atoms with Gasteiger partial charge < -0.3 is 9.72 Å². The van der Waals surface area contributed by atoms with Gasteiger partial charge >= 0.3 is 0 Å². The summed E-state index contributed by atoms with van der Waals surface area (Å²) in [5.41, 5.74) is 3.16. The Morgan fingerprint density at radius 3 is 2.94 bits per heavy atom. The Hall–Kier alpha value is -1.74. The zero-order chi connectivity index (χ0) is 12.0. The third-order valence-corrected chi connectivity index (χ3v) is 3.26. The summed E-state index contributed by atoms with van der Waals surface area (Å²) in [4.78, 5) is 7.55. The molecule has 1 N–H and O–H groups in total. The highest BCUT2D eigenvalue weighted by Crippen LogP contribution is 2.33. The highest BCUT2D eigenvalue weighted by Gasteiger charge is 2.11. The molecule has 0 amide bonds. The predicted molar refractivity (Wildman–Crippen MR) is 69.9 cm³/mol. The van der Waals surface area contributed by atoms with Crippen molar-refractivity contribution in [1.29, 1.82) is 0 Å². The highest BCUT2D eigenvalue weighted by atomic mass is 35.5. The van der Waals surface area contributed by atoms with Crippen LogP contribution in [-0.4, -0.2) is 17.1 Å². The Morgan fingerprint density at radius 1 is 1.35 bits per heavy atom. The summed E-state index contributed by atoms with van der Waals surface area (Å²) in [7, 11) is 1.65. The molecule has 0 aliphatic heterocycles. The smallest absolute Gasteiger partial charge is 0.139 e. The lowest BCUT2D eigenvalue weighted by Gasteiger charge is -1.99. The number of H-pyrrole nitrogens is 1. The number of fused-ring (bicyclic) bond motifs is 3. The molecular formula is C13H11ClN2O. The van der Waals surface area contributed by atoms with Crippen molar-refractivity contribution in [2.24, 2.45) is 0 Å². The summed E-state index contributed by atoms with van der Waals surface area (Å²) < 4.78 is 5.23. The topological polar surface area (TPSA) is 37.9 Å². The van der Waals surface area contributed by atoms with Crippen LogP contribution in [0, 0.1) is 6.92 Å². The number of halogens is 1. The van der Waals surface area contributed by atoms with E-state index >= 15 is 0 Å². The fourth-order valence-electron chi connectivity index (χ4n) is 2.09. The van der Waals surface area contributed by atoms with Crippen molar-refractivity contribution >= 4 is 33.4 Å². The van der Waals surface area contributed by atoms with E-state index in [0.29, 0.717) is 5.15 Å². The molecule has 17 heavy (non-hydrogen) atoms. The molecule has 0 fully saturated rings. The van der Waals surface area contributed by atoms with Gasteiger partial charge in [0.25, 0.3) is 0 Å². The van der Waals surface area contributed by atoms with Gasteiger partial charge in [0, 0.05) is 22.5 Å². The van der Waals surface area contributed by atoms with Crippen LogP contribution in [0.4, 0.5) is 0 Å². The molecule has 0 spiro atoms. The molecule has 0 aliphatic rings. The first-order chi connectivity index (χ1) is 8.20. The fraction of sp³-hybridized carbons (Fsp3) is 0.154. The first kappa shape index (κ1) is 10.4. The van der Waals surface area contributed by atoms with Crippen LogP contribution in [0.5, 0.6) is 5.75 Å². The van der Waals surface area contributed by atoms with Crippen LogP contribution in [0.3, 0.4) is 0 Å². The van der Waals surface area contributed by atoms with E-state index in [1.165, 1.54) is 0 Å². The average molecular weight is 247 g/mol. The maximum atomic E-state index is 6.17. The number of aryl methyl sites for hydroxylation is 1. The van der Waals surface area contributed by atoms with Gasteiger partial charge in [0.15, 0.2) is 0 Å². The minimum Gasteiger partial charge on any atom is -0.497 e.